The minimum Gasteiger partial charge on any atom is -0.312 e. The first-order chi connectivity index (χ1) is 11.1. The molecule has 0 saturated carbocycles. The lowest BCUT2D eigenvalue weighted by molar-refractivity contribution is -0.117. The minimum absolute atomic E-state index is 0.0272. The van der Waals surface area contributed by atoms with Gasteiger partial charge in [-0.25, -0.2) is 4.39 Å². The molecule has 2 aliphatic rings. The summed E-state index contributed by atoms with van der Waals surface area (Å²) in [5.41, 5.74) is 2.06. The molecule has 1 atom stereocenters. The van der Waals surface area contributed by atoms with Crippen LogP contribution in [0.4, 0.5) is 10.1 Å². The lowest BCUT2D eigenvalue weighted by atomic mass is 9.86. The summed E-state index contributed by atoms with van der Waals surface area (Å²) in [6, 6.07) is 8.51. The summed E-state index contributed by atoms with van der Waals surface area (Å²) in [6.07, 6.45) is 1.61. The number of benzene rings is 1. The SMILES string of the molecule is O=C1C[C@@]2(CCN(Cc3ccsc3)C2)CN1c1cccc(F)c1. The van der Waals surface area contributed by atoms with E-state index in [1.165, 1.54) is 17.7 Å². The number of amides is 1. The molecule has 120 valence electrons. The van der Waals surface area contributed by atoms with Crippen LogP contribution in [0, 0.1) is 11.2 Å². The molecule has 23 heavy (non-hydrogen) atoms. The van der Waals surface area contributed by atoms with E-state index in [2.05, 4.69) is 21.7 Å². The second kappa shape index (κ2) is 5.73. The molecule has 2 aromatic rings. The van der Waals surface area contributed by atoms with Crippen LogP contribution >= 0.6 is 11.3 Å². The summed E-state index contributed by atoms with van der Waals surface area (Å²) in [4.78, 5) is 16.7. The summed E-state index contributed by atoms with van der Waals surface area (Å²) < 4.78 is 13.4. The van der Waals surface area contributed by atoms with Gasteiger partial charge in [-0.05, 0) is 53.6 Å². The molecule has 0 N–H and O–H groups in total. The van der Waals surface area contributed by atoms with E-state index < -0.39 is 0 Å². The molecule has 1 aromatic heterocycles. The van der Waals surface area contributed by atoms with E-state index in [1.807, 2.05) is 6.07 Å². The van der Waals surface area contributed by atoms with E-state index in [1.54, 1.807) is 22.3 Å². The summed E-state index contributed by atoms with van der Waals surface area (Å²) in [5.74, 6) is -0.172. The Labute approximate surface area is 139 Å². The van der Waals surface area contributed by atoms with E-state index in [0.717, 1.165) is 26.1 Å². The van der Waals surface area contributed by atoms with Crippen LogP contribution in [0.15, 0.2) is 41.1 Å². The first kappa shape index (κ1) is 14.8. The van der Waals surface area contributed by atoms with Gasteiger partial charge in [0.05, 0.1) is 0 Å². The van der Waals surface area contributed by atoms with Gasteiger partial charge in [0.15, 0.2) is 0 Å². The van der Waals surface area contributed by atoms with Gasteiger partial charge in [-0.15, -0.1) is 0 Å². The zero-order chi connectivity index (χ0) is 15.9. The van der Waals surface area contributed by atoms with Crippen molar-refractivity contribution >= 4 is 22.9 Å². The number of thiophene rings is 1. The van der Waals surface area contributed by atoms with Crippen LogP contribution in [0.1, 0.15) is 18.4 Å². The van der Waals surface area contributed by atoms with Crippen molar-refractivity contribution in [3.63, 3.8) is 0 Å². The third kappa shape index (κ3) is 2.91. The van der Waals surface area contributed by atoms with Gasteiger partial charge in [0.1, 0.15) is 5.82 Å². The topological polar surface area (TPSA) is 23.6 Å². The van der Waals surface area contributed by atoms with Gasteiger partial charge in [0.25, 0.3) is 0 Å². The minimum atomic E-state index is -0.290. The van der Waals surface area contributed by atoms with Crippen LogP contribution in [0.2, 0.25) is 0 Å². The van der Waals surface area contributed by atoms with Crippen molar-refractivity contribution in [2.75, 3.05) is 24.5 Å². The molecule has 0 bridgehead atoms. The van der Waals surface area contributed by atoms with E-state index >= 15 is 0 Å². The Morgan fingerprint density at radius 2 is 2.17 bits per heavy atom. The Morgan fingerprint density at radius 3 is 2.96 bits per heavy atom. The Bertz CT molecular complexity index is 718. The van der Waals surface area contributed by atoms with Crippen LogP contribution < -0.4 is 4.90 Å². The van der Waals surface area contributed by atoms with Crippen molar-refractivity contribution in [3.05, 3.63) is 52.5 Å². The molecule has 2 fully saturated rings. The maximum atomic E-state index is 13.4. The summed E-state index contributed by atoms with van der Waals surface area (Å²) in [7, 11) is 0. The number of rotatable bonds is 3. The van der Waals surface area contributed by atoms with Crippen molar-refractivity contribution < 1.29 is 9.18 Å². The highest BCUT2D eigenvalue weighted by molar-refractivity contribution is 7.07. The molecular formula is C18H19FN2OS. The smallest absolute Gasteiger partial charge is 0.227 e. The molecule has 1 amide bonds. The highest BCUT2D eigenvalue weighted by Crippen LogP contribution is 2.42. The van der Waals surface area contributed by atoms with Crippen LogP contribution in [0.25, 0.3) is 0 Å². The Kier molecular flexibility index (Phi) is 3.70. The number of anilines is 1. The lowest BCUT2D eigenvalue weighted by Gasteiger charge is -2.24. The van der Waals surface area contributed by atoms with Gasteiger partial charge < -0.3 is 4.90 Å². The largest absolute Gasteiger partial charge is 0.312 e. The fraction of sp³-hybridized carbons (Fsp3) is 0.389. The predicted octanol–water partition coefficient (Wildman–Crippen LogP) is 3.52. The zero-order valence-electron chi connectivity index (χ0n) is 12.9. The molecule has 3 heterocycles. The van der Waals surface area contributed by atoms with Crippen molar-refractivity contribution in [1.29, 1.82) is 0 Å². The fourth-order valence-corrected chi connectivity index (χ4v) is 4.51. The zero-order valence-corrected chi connectivity index (χ0v) is 13.7. The van der Waals surface area contributed by atoms with E-state index in [4.69, 9.17) is 0 Å². The quantitative estimate of drug-likeness (QED) is 0.860. The molecule has 2 aliphatic heterocycles. The van der Waals surface area contributed by atoms with Gasteiger partial charge in [0.2, 0.25) is 5.91 Å². The van der Waals surface area contributed by atoms with E-state index in [0.29, 0.717) is 18.7 Å². The number of halogens is 1. The van der Waals surface area contributed by atoms with Crippen molar-refractivity contribution in [2.24, 2.45) is 5.41 Å². The maximum absolute atomic E-state index is 13.4. The van der Waals surface area contributed by atoms with Crippen LogP contribution in [-0.2, 0) is 11.3 Å². The maximum Gasteiger partial charge on any atom is 0.227 e. The lowest BCUT2D eigenvalue weighted by Crippen LogP contribution is -2.31. The highest BCUT2D eigenvalue weighted by atomic mass is 32.1. The average Bonchev–Trinajstić information content (AvgIpc) is 3.22. The Balaban J connectivity index is 1.48. The Morgan fingerprint density at radius 1 is 1.26 bits per heavy atom. The molecule has 0 unspecified atom stereocenters. The van der Waals surface area contributed by atoms with Crippen LogP contribution in [0.3, 0.4) is 0 Å². The molecule has 0 radical (unpaired) electrons. The number of carbonyl (C=O) groups is 1. The number of carbonyl (C=O) groups excluding carboxylic acids is 1. The van der Waals surface area contributed by atoms with Gasteiger partial charge in [-0.2, -0.15) is 11.3 Å². The van der Waals surface area contributed by atoms with Gasteiger partial charge in [0, 0.05) is 37.2 Å². The van der Waals surface area contributed by atoms with Gasteiger partial charge in [-0.1, -0.05) is 6.07 Å². The standard InChI is InChI=1S/C18H19FN2OS/c19-15-2-1-3-16(8-15)21-13-18(9-17(21)22)5-6-20(12-18)10-14-4-7-23-11-14/h1-4,7-8,11H,5-6,9-10,12-13H2/t18-/m1/s1. The van der Waals surface area contributed by atoms with E-state index in [-0.39, 0.29) is 17.1 Å². The summed E-state index contributed by atoms with van der Waals surface area (Å²) in [6.45, 7) is 3.63. The van der Waals surface area contributed by atoms with Crippen LogP contribution in [-0.4, -0.2) is 30.4 Å². The third-order valence-corrected chi connectivity index (χ3v) is 5.68. The first-order valence-electron chi connectivity index (χ1n) is 7.93. The third-order valence-electron chi connectivity index (χ3n) is 4.94. The number of hydrogen-bond acceptors (Lipinski definition) is 3. The highest BCUT2D eigenvalue weighted by Gasteiger charge is 2.47. The average molecular weight is 330 g/mol. The van der Waals surface area contributed by atoms with Crippen molar-refractivity contribution in [3.8, 4) is 0 Å². The molecule has 2 saturated heterocycles. The fourth-order valence-electron chi connectivity index (χ4n) is 3.85. The van der Waals surface area contributed by atoms with Crippen molar-refractivity contribution in [2.45, 2.75) is 19.4 Å². The summed E-state index contributed by atoms with van der Waals surface area (Å²) >= 11 is 1.72. The molecule has 5 heteroatoms. The normalized spacial score (nSPS) is 24.9. The predicted molar refractivity (Wildman–Crippen MR) is 90.0 cm³/mol. The monoisotopic (exact) mass is 330 g/mol. The number of likely N-dealkylation sites (tertiary alicyclic amines) is 1. The number of hydrogen-bond donors (Lipinski definition) is 0. The molecule has 1 spiro atoms. The number of nitrogens with zero attached hydrogens (tertiary/aromatic N) is 2. The van der Waals surface area contributed by atoms with Gasteiger partial charge >= 0.3 is 0 Å². The second-order valence-electron chi connectivity index (χ2n) is 6.73. The first-order valence-corrected chi connectivity index (χ1v) is 8.87. The molecule has 4 rings (SSSR count). The molecule has 0 aliphatic carbocycles. The molecule has 1 aromatic carbocycles. The molecular weight excluding hydrogens is 311 g/mol. The summed E-state index contributed by atoms with van der Waals surface area (Å²) in [5, 5.41) is 4.29. The van der Waals surface area contributed by atoms with E-state index in [9.17, 15) is 9.18 Å². The van der Waals surface area contributed by atoms with Crippen molar-refractivity contribution in [1.82, 2.24) is 4.90 Å². The second-order valence-corrected chi connectivity index (χ2v) is 7.51. The van der Waals surface area contributed by atoms with Crippen LogP contribution in [0.5, 0.6) is 0 Å². The van der Waals surface area contributed by atoms with Gasteiger partial charge in [-0.3, -0.25) is 9.69 Å². The molecule has 3 nitrogen and oxygen atoms in total. The Hall–Kier alpha value is -1.72.